The van der Waals surface area contributed by atoms with Gasteiger partial charge in [-0.1, -0.05) is 23.7 Å². The number of halogens is 2. The van der Waals surface area contributed by atoms with Gasteiger partial charge in [-0.2, -0.15) is 0 Å². The lowest BCUT2D eigenvalue weighted by atomic mass is 10.0. The van der Waals surface area contributed by atoms with Gasteiger partial charge in [0.1, 0.15) is 5.82 Å². The maximum Gasteiger partial charge on any atom is 0.124 e. The van der Waals surface area contributed by atoms with Gasteiger partial charge in [-0.05, 0) is 30.5 Å². The van der Waals surface area contributed by atoms with Crippen LogP contribution in [-0.4, -0.2) is 0 Å². The summed E-state index contributed by atoms with van der Waals surface area (Å²) in [6.45, 7) is 3.61. The smallest absolute Gasteiger partial charge is 0.124 e. The average Bonchev–Trinajstić information content (AvgIpc) is 2.14. The average molecular weight is 214 g/mol. The lowest BCUT2D eigenvalue weighted by molar-refractivity contribution is 0.621. The molecule has 14 heavy (non-hydrogen) atoms. The van der Waals surface area contributed by atoms with Crippen LogP contribution in [0.15, 0.2) is 30.9 Å². The molecule has 0 fully saturated rings. The van der Waals surface area contributed by atoms with Gasteiger partial charge in [-0.3, -0.25) is 0 Å². The molecule has 1 aromatic carbocycles. The quantitative estimate of drug-likeness (QED) is 0.762. The van der Waals surface area contributed by atoms with Crippen LogP contribution in [0.4, 0.5) is 4.39 Å². The SMILES string of the molecule is C=CCCC(N)c1ccc(F)cc1Cl. The lowest BCUT2D eigenvalue weighted by Crippen LogP contribution is -2.10. The van der Waals surface area contributed by atoms with Gasteiger partial charge >= 0.3 is 0 Å². The van der Waals surface area contributed by atoms with Crippen molar-refractivity contribution in [1.82, 2.24) is 0 Å². The summed E-state index contributed by atoms with van der Waals surface area (Å²) in [5.41, 5.74) is 6.66. The van der Waals surface area contributed by atoms with Crippen LogP contribution in [0.2, 0.25) is 5.02 Å². The molecule has 0 saturated carbocycles. The van der Waals surface area contributed by atoms with Crippen LogP contribution in [0.1, 0.15) is 24.4 Å². The predicted molar refractivity (Wildman–Crippen MR) is 57.8 cm³/mol. The van der Waals surface area contributed by atoms with Crippen LogP contribution >= 0.6 is 11.6 Å². The topological polar surface area (TPSA) is 26.0 Å². The highest BCUT2D eigenvalue weighted by molar-refractivity contribution is 6.31. The number of nitrogens with two attached hydrogens (primary N) is 1. The maximum absolute atomic E-state index is 12.7. The molecule has 0 heterocycles. The van der Waals surface area contributed by atoms with Crippen LogP contribution in [0.3, 0.4) is 0 Å². The Hall–Kier alpha value is -0.860. The van der Waals surface area contributed by atoms with Crippen LogP contribution < -0.4 is 5.73 Å². The van der Waals surface area contributed by atoms with Crippen molar-refractivity contribution in [2.24, 2.45) is 5.73 Å². The van der Waals surface area contributed by atoms with E-state index in [0.29, 0.717) is 5.02 Å². The molecule has 76 valence electrons. The summed E-state index contributed by atoms with van der Waals surface area (Å²) in [5.74, 6) is -0.338. The molecular formula is C11H13ClFN. The van der Waals surface area contributed by atoms with E-state index < -0.39 is 0 Å². The summed E-state index contributed by atoms with van der Waals surface area (Å²) in [7, 11) is 0. The van der Waals surface area contributed by atoms with Gasteiger partial charge in [0.25, 0.3) is 0 Å². The van der Waals surface area contributed by atoms with Crippen molar-refractivity contribution < 1.29 is 4.39 Å². The fraction of sp³-hybridized carbons (Fsp3) is 0.273. The first-order valence-corrected chi connectivity index (χ1v) is 4.84. The number of benzene rings is 1. The van der Waals surface area contributed by atoms with Crippen LogP contribution in [0.25, 0.3) is 0 Å². The molecule has 1 unspecified atom stereocenters. The molecule has 0 aliphatic rings. The normalized spacial score (nSPS) is 12.5. The molecule has 1 nitrogen and oxygen atoms in total. The highest BCUT2D eigenvalue weighted by Gasteiger charge is 2.09. The highest BCUT2D eigenvalue weighted by Crippen LogP contribution is 2.25. The molecule has 0 aliphatic carbocycles. The van der Waals surface area contributed by atoms with Crippen molar-refractivity contribution in [3.05, 3.63) is 47.3 Å². The van der Waals surface area contributed by atoms with Crippen molar-refractivity contribution >= 4 is 11.6 Å². The summed E-state index contributed by atoms with van der Waals surface area (Å²) < 4.78 is 12.7. The number of rotatable bonds is 4. The Balaban J connectivity index is 2.78. The van der Waals surface area contributed by atoms with E-state index in [1.165, 1.54) is 12.1 Å². The van der Waals surface area contributed by atoms with E-state index in [2.05, 4.69) is 6.58 Å². The largest absolute Gasteiger partial charge is 0.324 e. The van der Waals surface area contributed by atoms with Gasteiger partial charge in [0.2, 0.25) is 0 Å². The zero-order valence-corrected chi connectivity index (χ0v) is 8.60. The first-order chi connectivity index (χ1) is 6.65. The monoisotopic (exact) mass is 213 g/mol. The number of allylic oxidation sites excluding steroid dienone is 1. The summed E-state index contributed by atoms with van der Waals surface area (Å²) >= 11 is 5.86. The third kappa shape index (κ3) is 2.82. The first kappa shape index (κ1) is 11.2. The van der Waals surface area contributed by atoms with Gasteiger partial charge < -0.3 is 5.73 Å². The first-order valence-electron chi connectivity index (χ1n) is 4.46. The van der Waals surface area contributed by atoms with E-state index in [4.69, 9.17) is 17.3 Å². The summed E-state index contributed by atoms with van der Waals surface area (Å²) in [6.07, 6.45) is 3.40. The predicted octanol–water partition coefficient (Wildman–Crippen LogP) is 3.45. The van der Waals surface area contributed by atoms with Gasteiger partial charge in [0.15, 0.2) is 0 Å². The summed E-state index contributed by atoms with van der Waals surface area (Å²) in [4.78, 5) is 0. The molecule has 0 bridgehead atoms. The van der Waals surface area contributed by atoms with Crippen molar-refractivity contribution in [2.75, 3.05) is 0 Å². The molecular weight excluding hydrogens is 201 g/mol. The minimum atomic E-state index is -0.338. The van der Waals surface area contributed by atoms with E-state index in [1.807, 2.05) is 0 Å². The van der Waals surface area contributed by atoms with E-state index in [-0.39, 0.29) is 11.9 Å². The summed E-state index contributed by atoms with van der Waals surface area (Å²) in [5, 5.41) is 0.390. The molecule has 0 saturated heterocycles. The second kappa shape index (κ2) is 5.13. The van der Waals surface area contributed by atoms with Gasteiger partial charge in [-0.25, -0.2) is 4.39 Å². The van der Waals surface area contributed by atoms with Crippen molar-refractivity contribution in [3.63, 3.8) is 0 Å². The lowest BCUT2D eigenvalue weighted by Gasteiger charge is -2.12. The fourth-order valence-electron chi connectivity index (χ4n) is 1.26. The van der Waals surface area contributed by atoms with E-state index in [9.17, 15) is 4.39 Å². The third-order valence-corrected chi connectivity index (χ3v) is 2.37. The van der Waals surface area contributed by atoms with Gasteiger partial charge in [0, 0.05) is 11.1 Å². The second-order valence-corrected chi connectivity index (χ2v) is 3.55. The van der Waals surface area contributed by atoms with Gasteiger partial charge in [0.05, 0.1) is 0 Å². The molecule has 0 amide bonds. The Morgan fingerprint density at radius 2 is 2.29 bits per heavy atom. The van der Waals surface area contributed by atoms with Crippen molar-refractivity contribution in [1.29, 1.82) is 0 Å². The van der Waals surface area contributed by atoms with Crippen molar-refractivity contribution in [3.8, 4) is 0 Å². The highest BCUT2D eigenvalue weighted by atomic mass is 35.5. The van der Waals surface area contributed by atoms with E-state index in [1.54, 1.807) is 12.1 Å². The minimum absolute atomic E-state index is 0.152. The van der Waals surface area contributed by atoms with Crippen LogP contribution in [0.5, 0.6) is 0 Å². The molecule has 2 N–H and O–H groups in total. The third-order valence-electron chi connectivity index (χ3n) is 2.04. The molecule has 0 radical (unpaired) electrons. The molecule has 3 heteroatoms. The van der Waals surface area contributed by atoms with Crippen LogP contribution in [-0.2, 0) is 0 Å². The minimum Gasteiger partial charge on any atom is -0.324 e. The Kier molecular flexibility index (Phi) is 4.11. The molecule has 0 spiro atoms. The summed E-state index contributed by atoms with van der Waals surface area (Å²) in [6, 6.07) is 4.13. The second-order valence-electron chi connectivity index (χ2n) is 3.14. The maximum atomic E-state index is 12.7. The molecule has 1 rings (SSSR count). The number of hydrogen-bond acceptors (Lipinski definition) is 1. The Morgan fingerprint density at radius 3 is 2.86 bits per heavy atom. The standard InChI is InChI=1S/C11H13ClFN/c1-2-3-4-11(14)9-6-5-8(13)7-10(9)12/h2,5-7,11H,1,3-4,14H2. The van der Waals surface area contributed by atoms with E-state index in [0.717, 1.165) is 18.4 Å². The van der Waals surface area contributed by atoms with E-state index >= 15 is 0 Å². The van der Waals surface area contributed by atoms with Gasteiger partial charge in [-0.15, -0.1) is 6.58 Å². The zero-order chi connectivity index (χ0) is 10.6. The Labute approximate surface area is 88.4 Å². The molecule has 0 aliphatic heterocycles. The van der Waals surface area contributed by atoms with Crippen LogP contribution in [0, 0.1) is 5.82 Å². The Bertz CT molecular complexity index is 325. The zero-order valence-electron chi connectivity index (χ0n) is 7.84. The molecule has 1 aromatic rings. The Morgan fingerprint density at radius 1 is 1.57 bits per heavy atom. The van der Waals surface area contributed by atoms with Crippen molar-refractivity contribution in [2.45, 2.75) is 18.9 Å². The molecule has 1 atom stereocenters. The molecule has 0 aromatic heterocycles. The number of hydrogen-bond donors (Lipinski definition) is 1. The fourth-order valence-corrected chi connectivity index (χ4v) is 1.56.